The van der Waals surface area contributed by atoms with Crippen LogP contribution in [0.4, 0.5) is 14.6 Å². The third kappa shape index (κ3) is 4.59. The Hall–Kier alpha value is -3.42. The Kier molecular flexibility index (Phi) is 6.39. The van der Waals surface area contributed by atoms with E-state index in [0.717, 1.165) is 30.7 Å². The molecule has 1 unspecified atom stereocenters. The van der Waals surface area contributed by atoms with Gasteiger partial charge >= 0.3 is 0 Å². The number of pyridine rings is 1. The fourth-order valence-electron chi connectivity index (χ4n) is 4.18. The van der Waals surface area contributed by atoms with Crippen LogP contribution in [0.25, 0.3) is 11.4 Å². The van der Waals surface area contributed by atoms with Gasteiger partial charge in [0.15, 0.2) is 17.5 Å². The fourth-order valence-corrected chi connectivity index (χ4v) is 4.18. The normalized spacial score (nSPS) is 18.4. The first-order valence-corrected chi connectivity index (χ1v) is 10.7. The standard InChI is InChI=1S/C24H25F2N5O/c1-15-6-7-18(22-27-8-4-9-28-22)19(11-15)24(32)31-10-3-5-16(2)21(31)14-30-23-20(26)12-17(25)13-29-23/h4,6-9,11-13,16,21H,3,5,10,14H2,1-2H3,(H,29,30)/t16-,21?/m1/s1. The summed E-state index contributed by atoms with van der Waals surface area (Å²) in [6, 6.07) is 8.02. The highest BCUT2D eigenvalue weighted by atomic mass is 19.1. The van der Waals surface area contributed by atoms with Crippen molar-refractivity contribution in [3.05, 3.63) is 71.7 Å². The van der Waals surface area contributed by atoms with Gasteiger partial charge in [-0.3, -0.25) is 4.79 Å². The lowest BCUT2D eigenvalue weighted by molar-refractivity contribution is 0.0540. The molecule has 8 heteroatoms. The van der Waals surface area contributed by atoms with Crippen molar-refractivity contribution in [2.75, 3.05) is 18.4 Å². The number of halogens is 2. The second-order valence-corrected chi connectivity index (χ2v) is 8.17. The zero-order chi connectivity index (χ0) is 22.7. The topological polar surface area (TPSA) is 71.0 Å². The summed E-state index contributed by atoms with van der Waals surface area (Å²) in [5.74, 6) is -0.926. The van der Waals surface area contributed by atoms with Crippen molar-refractivity contribution in [1.29, 1.82) is 0 Å². The number of carbonyl (C=O) groups excluding carboxylic acids is 1. The molecule has 1 N–H and O–H groups in total. The third-order valence-corrected chi connectivity index (χ3v) is 5.88. The first kappa shape index (κ1) is 21.8. The summed E-state index contributed by atoms with van der Waals surface area (Å²) in [5.41, 5.74) is 2.18. The number of aryl methyl sites for hydroxylation is 1. The molecule has 1 saturated heterocycles. The monoisotopic (exact) mass is 437 g/mol. The number of carbonyl (C=O) groups is 1. The molecule has 1 aliphatic rings. The summed E-state index contributed by atoms with van der Waals surface area (Å²) >= 11 is 0. The van der Waals surface area contributed by atoms with E-state index in [1.165, 1.54) is 0 Å². The number of hydrogen-bond acceptors (Lipinski definition) is 5. The Morgan fingerprint density at radius 3 is 2.72 bits per heavy atom. The predicted octanol–water partition coefficient (Wildman–Crippen LogP) is 4.48. The van der Waals surface area contributed by atoms with Crippen molar-refractivity contribution in [3.8, 4) is 11.4 Å². The number of nitrogens with zero attached hydrogens (tertiary/aromatic N) is 4. The third-order valence-electron chi connectivity index (χ3n) is 5.88. The minimum Gasteiger partial charge on any atom is -0.366 e. The van der Waals surface area contributed by atoms with E-state index in [-0.39, 0.29) is 23.7 Å². The number of aromatic nitrogens is 3. The van der Waals surface area contributed by atoms with E-state index in [1.807, 2.05) is 30.0 Å². The average molecular weight is 437 g/mol. The van der Waals surface area contributed by atoms with E-state index < -0.39 is 11.6 Å². The minimum absolute atomic E-state index is 0.0227. The van der Waals surface area contributed by atoms with Crippen LogP contribution in [0.3, 0.4) is 0 Å². The summed E-state index contributed by atoms with van der Waals surface area (Å²) in [6.07, 6.45) is 6.11. The van der Waals surface area contributed by atoms with E-state index in [2.05, 4.69) is 27.2 Å². The van der Waals surface area contributed by atoms with Crippen molar-refractivity contribution in [2.45, 2.75) is 32.7 Å². The lowest BCUT2D eigenvalue weighted by atomic mass is 9.89. The first-order valence-electron chi connectivity index (χ1n) is 10.7. The molecule has 3 aromatic rings. The summed E-state index contributed by atoms with van der Waals surface area (Å²) < 4.78 is 27.2. The number of likely N-dealkylation sites (tertiary alicyclic amines) is 1. The fraction of sp³-hybridized carbons (Fsp3) is 0.333. The number of nitrogens with one attached hydrogen (secondary N) is 1. The van der Waals surface area contributed by atoms with Crippen molar-refractivity contribution < 1.29 is 13.6 Å². The highest BCUT2D eigenvalue weighted by molar-refractivity contribution is 6.00. The molecule has 2 aromatic heterocycles. The largest absolute Gasteiger partial charge is 0.366 e. The molecule has 0 spiro atoms. The lowest BCUT2D eigenvalue weighted by Gasteiger charge is -2.40. The van der Waals surface area contributed by atoms with E-state index in [0.29, 0.717) is 30.0 Å². The molecule has 0 aliphatic carbocycles. The van der Waals surface area contributed by atoms with Gasteiger partial charge in [-0.2, -0.15) is 0 Å². The second-order valence-electron chi connectivity index (χ2n) is 8.17. The van der Waals surface area contributed by atoms with Gasteiger partial charge in [-0.25, -0.2) is 23.7 Å². The van der Waals surface area contributed by atoms with Crippen LogP contribution in [0.2, 0.25) is 0 Å². The van der Waals surface area contributed by atoms with Gasteiger partial charge in [0, 0.05) is 37.1 Å². The van der Waals surface area contributed by atoms with Gasteiger partial charge in [0.25, 0.3) is 5.91 Å². The van der Waals surface area contributed by atoms with Crippen LogP contribution in [0, 0.1) is 24.5 Å². The molecule has 1 amide bonds. The Morgan fingerprint density at radius 2 is 1.97 bits per heavy atom. The average Bonchev–Trinajstić information content (AvgIpc) is 2.79. The van der Waals surface area contributed by atoms with Crippen LogP contribution in [0.15, 0.2) is 48.9 Å². The minimum atomic E-state index is -0.756. The molecule has 6 nitrogen and oxygen atoms in total. The highest BCUT2D eigenvalue weighted by Gasteiger charge is 2.33. The van der Waals surface area contributed by atoms with Gasteiger partial charge in [0.05, 0.1) is 17.8 Å². The molecular weight excluding hydrogens is 412 g/mol. The summed E-state index contributed by atoms with van der Waals surface area (Å²) in [6.45, 7) is 4.92. The zero-order valence-corrected chi connectivity index (χ0v) is 18.1. The molecule has 166 valence electrons. The molecule has 3 heterocycles. The molecule has 0 radical (unpaired) electrons. The van der Waals surface area contributed by atoms with E-state index in [1.54, 1.807) is 18.5 Å². The first-order chi connectivity index (χ1) is 15.4. The van der Waals surface area contributed by atoms with Crippen LogP contribution in [0.5, 0.6) is 0 Å². The van der Waals surface area contributed by atoms with Gasteiger partial charge < -0.3 is 10.2 Å². The van der Waals surface area contributed by atoms with Crippen molar-refractivity contribution >= 4 is 11.7 Å². The molecule has 1 aromatic carbocycles. The van der Waals surface area contributed by atoms with Gasteiger partial charge in [-0.15, -0.1) is 0 Å². The van der Waals surface area contributed by atoms with Gasteiger partial charge in [-0.1, -0.05) is 24.6 Å². The van der Waals surface area contributed by atoms with Gasteiger partial charge in [0.1, 0.15) is 5.82 Å². The molecule has 2 atom stereocenters. The molecule has 1 aliphatic heterocycles. The second kappa shape index (κ2) is 9.38. The summed E-state index contributed by atoms with van der Waals surface area (Å²) in [7, 11) is 0. The number of amides is 1. The van der Waals surface area contributed by atoms with Crippen LogP contribution in [0.1, 0.15) is 35.7 Å². The number of benzene rings is 1. The molecule has 0 saturated carbocycles. The number of anilines is 1. The van der Waals surface area contributed by atoms with Crippen molar-refractivity contribution in [1.82, 2.24) is 19.9 Å². The smallest absolute Gasteiger partial charge is 0.254 e. The van der Waals surface area contributed by atoms with Crippen LogP contribution in [-0.4, -0.2) is 44.9 Å². The molecule has 0 bridgehead atoms. The molecule has 32 heavy (non-hydrogen) atoms. The Bertz CT molecular complexity index is 1110. The lowest BCUT2D eigenvalue weighted by Crippen LogP contribution is -2.51. The molecular formula is C24H25F2N5O. The summed E-state index contributed by atoms with van der Waals surface area (Å²) in [4.78, 5) is 28.0. The van der Waals surface area contributed by atoms with E-state index >= 15 is 0 Å². The van der Waals surface area contributed by atoms with Crippen molar-refractivity contribution in [2.24, 2.45) is 5.92 Å². The van der Waals surface area contributed by atoms with E-state index in [4.69, 9.17) is 0 Å². The van der Waals surface area contributed by atoms with Gasteiger partial charge in [-0.05, 0) is 37.8 Å². The maximum atomic E-state index is 14.0. The molecule has 1 fully saturated rings. The predicted molar refractivity (Wildman–Crippen MR) is 118 cm³/mol. The zero-order valence-electron chi connectivity index (χ0n) is 18.1. The maximum Gasteiger partial charge on any atom is 0.254 e. The maximum absolute atomic E-state index is 14.0. The van der Waals surface area contributed by atoms with Gasteiger partial charge in [0.2, 0.25) is 0 Å². The van der Waals surface area contributed by atoms with Crippen molar-refractivity contribution in [3.63, 3.8) is 0 Å². The number of rotatable bonds is 5. The Labute approximate surface area is 185 Å². The van der Waals surface area contributed by atoms with Crippen LogP contribution < -0.4 is 5.32 Å². The van der Waals surface area contributed by atoms with E-state index in [9.17, 15) is 13.6 Å². The van der Waals surface area contributed by atoms with Crippen LogP contribution >= 0.6 is 0 Å². The quantitative estimate of drug-likeness (QED) is 0.637. The number of piperidine rings is 1. The summed E-state index contributed by atoms with van der Waals surface area (Å²) in [5, 5.41) is 2.96. The Balaban J connectivity index is 1.62. The number of hydrogen-bond donors (Lipinski definition) is 1. The highest BCUT2D eigenvalue weighted by Crippen LogP contribution is 2.29. The Morgan fingerprint density at radius 1 is 1.19 bits per heavy atom. The molecule has 4 rings (SSSR count). The SMILES string of the molecule is Cc1ccc(-c2ncccn2)c(C(=O)N2CCC[C@@H](C)C2CNc2ncc(F)cc2F)c1. The van der Waals surface area contributed by atoms with Crippen LogP contribution in [-0.2, 0) is 0 Å².